The van der Waals surface area contributed by atoms with Gasteiger partial charge in [-0.15, -0.1) is 0 Å². The Morgan fingerprint density at radius 1 is 1.10 bits per heavy atom. The van der Waals surface area contributed by atoms with Gasteiger partial charge in [0.2, 0.25) is 5.95 Å². The Kier molecular flexibility index (Phi) is 8.73. The zero-order chi connectivity index (χ0) is 29.6. The molecule has 0 saturated heterocycles. The van der Waals surface area contributed by atoms with Crippen molar-refractivity contribution in [2.45, 2.75) is 44.7 Å². The maximum Gasteiger partial charge on any atom is 0.415 e. The van der Waals surface area contributed by atoms with E-state index in [0.717, 1.165) is 24.0 Å². The predicted octanol–water partition coefficient (Wildman–Crippen LogP) is 4.65. The van der Waals surface area contributed by atoms with Crippen LogP contribution in [0, 0.1) is 11.3 Å². The summed E-state index contributed by atoms with van der Waals surface area (Å²) >= 11 is 6.32. The number of aromatic nitrogens is 7. The minimum atomic E-state index is -0.435. The van der Waals surface area contributed by atoms with Crippen LogP contribution in [-0.4, -0.2) is 66.6 Å². The molecule has 1 saturated carbocycles. The van der Waals surface area contributed by atoms with E-state index in [1.807, 2.05) is 6.07 Å². The van der Waals surface area contributed by atoms with Crippen LogP contribution < -0.4 is 15.0 Å². The highest BCUT2D eigenvalue weighted by molar-refractivity contribution is 6.33. The summed E-state index contributed by atoms with van der Waals surface area (Å²) < 4.78 is 12.0. The van der Waals surface area contributed by atoms with E-state index in [1.54, 1.807) is 48.2 Å². The monoisotopic (exact) mass is 588 g/mol. The first-order valence-electron chi connectivity index (χ1n) is 13.4. The minimum absolute atomic E-state index is 0.0681. The number of nitriles is 1. The number of nitrogens with zero attached hydrogens (tertiary/aromatic N) is 9. The molecule has 1 fully saturated rings. The molecule has 14 heteroatoms. The number of anilines is 2. The fraction of sp³-hybridized carbons (Fsp3) is 0.357. The molecule has 4 heterocycles. The van der Waals surface area contributed by atoms with Gasteiger partial charge in [0.15, 0.2) is 0 Å². The van der Waals surface area contributed by atoms with Crippen LogP contribution in [0.15, 0.2) is 43.1 Å². The zero-order valence-electron chi connectivity index (χ0n) is 23.4. The molecule has 42 heavy (non-hydrogen) atoms. The van der Waals surface area contributed by atoms with Crippen molar-refractivity contribution in [3.05, 3.63) is 53.7 Å². The number of amides is 1. The van der Waals surface area contributed by atoms with Gasteiger partial charge >= 0.3 is 12.1 Å². The summed E-state index contributed by atoms with van der Waals surface area (Å²) in [5.74, 6) is 0.905. The molecule has 0 bridgehead atoms. The molecule has 1 N–H and O–H groups in total. The number of halogens is 1. The van der Waals surface area contributed by atoms with E-state index in [4.69, 9.17) is 21.1 Å². The lowest BCUT2D eigenvalue weighted by molar-refractivity contribution is 0.154. The summed E-state index contributed by atoms with van der Waals surface area (Å²) in [6, 6.07) is 6.05. The van der Waals surface area contributed by atoms with E-state index in [1.165, 1.54) is 19.5 Å². The van der Waals surface area contributed by atoms with Gasteiger partial charge in [-0.1, -0.05) is 11.6 Å². The third-order valence-electron chi connectivity index (χ3n) is 7.03. The van der Waals surface area contributed by atoms with Crippen LogP contribution in [0.5, 0.6) is 6.01 Å². The van der Waals surface area contributed by atoms with Crippen molar-refractivity contribution in [2.75, 3.05) is 23.9 Å². The first-order valence-corrected chi connectivity index (χ1v) is 13.8. The summed E-state index contributed by atoms with van der Waals surface area (Å²) in [5.41, 5.74) is 2.86. The Morgan fingerprint density at radius 2 is 1.83 bits per heavy atom. The standard InChI is InChI=1S/C28H29ClN10O3/c1-4-42-28(40)39(23-10-5-17(12-31-23)19-14-33-27(41-3)34-15-19)21-8-6-20(7-9-21)36-26-32-13-18(11-30)24(37-26)25-22(29)16-35-38(25)2/h5,10,12-16,20-21H,4,6-9H2,1-3H3,(H,32,36,37). The van der Waals surface area contributed by atoms with Gasteiger partial charge in [0.25, 0.3) is 0 Å². The van der Waals surface area contributed by atoms with E-state index in [0.29, 0.717) is 46.6 Å². The molecule has 4 aromatic heterocycles. The van der Waals surface area contributed by atoms with Crippen molar-refractivity contribution in [1.29, 1.82) is 5.26 Å². The van der Waals surface area contributed by atoms with E-state index >= 15 is 0 Å². The maximum atomic E-state index is 13.1. The van der Waals surface area contributed by atoms with Gasteiger partial charge in [-0.2, -0.15) is 10.4 Å². The molecular formula is C28H29ClN10O3. The molecule has 1 aliphatic rings. The van der Waals surface area contributed by atoms with Crippen molar-refractivity contribution in [3.63, 3.8) is 0 Å². The smallest absolute Gasteiger partial charge is 0.415 e. The average molecular weight is 589 g/mol. The van der Waals surface area contributed by atoms with Crippen molar-refractivity contribution in [3.8, 4) is 34.6 Å². The van der Waals surface area contributed by atoms with Crippen LogP contribution in [0.1, 0.15) is 38.2 Å². The molecule has 1 amide bonds. The summed E-state index contributed by atoms with van der Waals surface area (Å²) in [5, 5.41) is 17.5. The van der Waals surface area contributed by atoms with Crippen LogP contribution in [-0.2, 0) is 11.8 Å². The molecule has 0 atom stereocenters. The highest BCUT2D eigenvalue weighted by Crippen LogP contribution is 2.32. The van der Waals surface area contributed by atoms with Gasteiger partial charge in [-0.05, 0) is 44.7 Å². The van der Waals surface area contributed by atoms with E-state index in [-0.39, 0.29) is 24.7 Å². The first kappa shape index (κ1) is 28.7. The molecule has 5 rings (SSSR count). The Labute approximate surface area is 247 Å². The fourth-order valence-corrected chi connectivity index (χ4v) is 5.20. The van der Waals surface area contributed by atoms with Gasteiger partial charge in [0.05, 0.1) is 36.7 Å². The SMILES string of the molecule is CCOC(=O)N(c1ccc(-c2cnc(OC)nc2)cn1)C1CCC(Nc2ncc(C#N)c(-c3c(Cl)cnn3C)n2)CC1. The number of hydrogen-bond acceptors (Lipinski definition) is 11. The lowest BCUT2D eigenvalue weighted by Crippen LogP contribution is -2.45. The third kappa shape index (κ3) is 6.08. The predicted molar refractivity (Wildman–Crippen MR) is 155 cm³/mol. The van der Waals surface area contributed by atoms with Crippen LogP contribution in [0.25, 0.3) is 22.5 Å². The molecule has 13 nitrogen and oxygen atoms in total. The summed E-state index contributed by atoms with van der Waals surface area (Å²) in [4.78, 5) is 36.5. The minimum Gasteiger partial charge on any atom is -0.467 e. The fourth-order valence-electron chi connectivity index (χ4n) is 4.94. The number of hydrogen-bond donors (Lipinski definition) is 1. The second-order valence-corrected chi connectivity index (χ2v) is 10.0. The number of carbonyl (C=O) groups is 1. The molecule has 216 valence electrons. The quantitative estimate of drug-likeness (QED) is 0.305. The van der Waals surface area contributed by atoms with Gasteiger partial charge in [-0.25, -0.2) is 29.7 Å². The average Bonchev–Trinajstić information content (AvgIpc) is 3.35. The Balaban J connectivity index is 1.29. The molecule has 4 aromatic rings. The molecular weight excluding hydrogens is 560 g/mol. The summed E-state index contributed by atoms with van der Waals surface area (Å²) in [7, 11) is 3.25. The number of rotatable bonds is 8. The van der Waals surface area contributed by atoms with Gasteiger partial charge < -0.3 is 14.8 Å². The zero-order valence-corrected chi connectivity index (χ0v) is 24.1. The Hall–Kier alpha value is -4.83. The largest absolute Gasteiger partial charge is 0.467 e. The lowest BCUT2D eigenvalue weighted by atomic mass is 9.90. The molecule has 0 radical (unpaired) electrons. The van der Waals surface area contributed by atoms with E-state index in [2.05, 4.69) is 41.4 Å². The number of pyridine rings is 1. The second kappa shape index (κ2) is 12.8. The molecule has 1 aliphatic carbocycles. The van der Waals surface area contributed by atoms with Crippen LogP contribution >= 0.6 is 11.6 Å². The molecule has 0 unspecified atom stereocenters. The number of nitrogens with one attached hydrogen (secondary N) is 1. The van der Waals surface area contributed by atoms with E-state index < -0.39 is 6.09 Å². The van der Waals surface area contributed by atoms with Crippen molar-refractivity contribution in [2.24, 2.45) is 7.05 Å². The Bertz CT molecular complexity index is 1560. The van der Waals surface area contributed by atoms with Crippen molar-refractivity contribution < 1.29 is 14.3 Å². The maximum absolute atomic E-state index is 13.1. The van der Waals surface area contributed by atoms with E-state index in [9.17, 15) is 10.1 Å². The highest BCUT2D eigenvalue weighted by atomic mass is 35.5. The molecule has 0 aliphatic heterocycles. The summed E-state index contributed by atoms with van der Waals surface area (Å²) in [6.07, 6.45) is 10.5. The van der Waals surface area contributed by atoms with Crippen molar-refractivity contribution >= 4 is 29.5 Å². The van der Waals surface area contributed by atoms with Crippen molar-refractivity contribution in [1.82, 2.24) is 34.7 Å². The summed E-state index contributed by atoms with van der Waals surface area (Å²) in [6.45, 7) is 2.04. The number of ether oxygens (including phenoxy) is 2. The van der Waals surface area contributed by atoms with Crippen LogP contribution in [0.4, 0.5) is 16.6 Å². The normalized spacial score (nSPS) is 16.4. The number of carbonyl (C=O) groups excluding carboxylic acids is 1. The molecule has 0 aromatic carbocycles. The third-order valence-corrected chi connectivity index (χ3v) is 7.30. The van der Waals surface area contributed by atoms with Gasteiger partial charge in [0.1, 0.15) is 23.3 Å². The Morgan fingerprint density at radius 3 is 2.43 bits per heavy atom. The van der Waals surface area contributed by atoms with Gasteiger partial charge in [-0.3, -0.25) is 9.58 Å². The number of methoxy groups -OCH3 is 1. The highest BCUT2D eigenvalue weighted by Gasteiger charge is 2.32. The molecule has 0 spiro atoms. The topological polar surface area (TPSA) is 157 Å². The lowest BCUT2D eigenvalue weighted by Gasteiger charge is -2.35. The number of aryl methyl sites for hydroxylation is 1. The van der Waals surface area contributed by atoms with Gasteiger partial charge in [0, 0.05) is 48.8 Å². The van der Waals surface area contributed by atoms with Crippen LogP contribution in [0.3, 0.4) is 0 Å². The first-order chi connectivity index (χ1) is 20.4. The van der Waals surface area contributed by atoms with Crippen LogP contribution in [0.2, 0.25) is 5.02 Å². The second-order valence-electron chi connectivity index (χ2n) is 9.61.